The summed E-state index contributed by atoms with van der Waals surface area (Å²) < 4.78 is 54.0. The van der Waals surface area contributed by atoms with Crippen molar-refractivity contribution in [3.05, 3.63) is 41.8 Å². The van der Waals surface area contributed by atoms with E-state index in [1.165, 1.54) is 6.92 Å². The highest BCUT2D eigenvalue weighted by molar-refractivity contribution is 7.90. The molecule has 1 atom stereocenters. The summed E-state index contributed by atoms with van der Waals surface area (Å²) in [7, 11) is -7.26. The van der Waals surface area contributed by atoms with Crippen LogP contribution in [0.3, 0.4) is 0 Å². The topological polar surface area (TPSA) is 119 Å². The molecule has 0 spiro atoms. The molecule has 0 aliphatic heterocycles. The van der Waals surface area contributed by atoms with Gasteiger partial charge in [0.15, 0.2) is 0 Å². The van der Waals surface area contributed by atoms with Gasteiger partial charge >= 0.3 is 5.22 Å². The van der Waals surface area contributed by atoms with Crippen LogP contribution < -0.4 is 4.72 Å². The van der Waals surface area contributed by atoms with Gasteiger partial charge in [-0.1, -0.05) is 35.4 Å². The summed E-state index contributed by atoms with van der Waals surface area (Å²) in [5, 5.41) is 6.39. The van der Waals surface area contributed by atoms with E-state index in [9.17, 15) is 16.8 Å². The molecule has 0 aliphatic rings. The Balaban J connectivity index is 2.11. The second-order valence-corrected chi connectivity index (χ2v) is 8.41. The summed E-state index contributed by atoms with van der Waals surface area (Å²) in [5.41, 5.74) is 0.629. The maximum atomic E-state index is 12.1. The van der Waals surface area contributed by atoms with Crippen molar-refractivity contribution >= 4 is 19.9 Å². The summed E-state index contributed by atoms with van der Waals surface area (Å²) in [6.07, 6.45) is 0.925. The Morgan fingerprint density at radius 3 is 2.32 bits per heavy atom. The molecule has 1 N–H and O–H groups in total. The lowest BCUT2D eigenvalue weighted by Crippen LogP contribution is -2.28. The number of nitrogens with zero attached hydrogens (tertiary/aromatic N) is 2. The molecule has 120 valence electrons. The van der Waals surface area contributed by atoms with E-state index in [0.717, 1.165) is 6.26 Å². The van der Waals surface area contributed by atoms with Crippen molar-refractivity contribution in [1.29, 1.82) is 0 Å². The second-order valence-electron chi connectivity index (χ2n) is 4.76. The van der Waals surface area contributed by atoms with Gasteiger partial charge in [-0.2, -0.15) is 0 Å². The number of hydrogen-bond donors (Lipinski definition) is 1. The minimum absolute atomic E-state index is 0.114. The summed E-state index contributed by atoms with van der Waals surface area (Å²) >= 11 is 0. The summed E-state index contributed by atoms with van der Waals surface area (Å²) in [6.45, 7) is 1.49. The van der Waals surface area contributed by atoms with Gasteiger partial charge in [-0.3, -0.25) is 0 Å². The van der Waals surface area contributed by atoms with Gasteiger partial charge in [0.1, 0.15) is 0 Å². The molecule has 10 heteroatoms. The monoisotopic (exact) mass is 345 g/mol. The quantitative estimate of drug-likeness (QED) is 0.816. The molecule has 1 heterocycles. The second kappa shape index (κ2) is 6.15. The van der Waals surface area contributed by atoms with Crippen LogP contribution in [0, 0.1) is 0 Å². The van der Waals surface area contributed by atoms with Gasteiger partial charge < -0.3 is 4.42 Å². The van der Waals surface area contributed by atoms with Crippen molar-refractivity contribution in [2.75, 3.05) is 6.26 Å². The standard InChI is InChI=1S/C12H15N3O5S2/c1-9(11-13-14-12(20-11)21(2,16)17)15-22(18,19)8-10-6-4-3-5-7-10/h3-7,9,15H,8H2,1-2H3/t9-/m0/s1. The SMILES string of the molecule is C[C@H](NS(=O)(=O)Cc1ccccc1)c1nnc(S(C)(=O)=O)o1. The molecule has 0 amide bonds. The summed E-state index contributed by atoms with van der Waals surface area (Å²) in [6, 6.07) is 7.82. The molecule has 2 aromatic rings. The van der Waals surface area contributed by atoms with E-state index in [1.807, 2.05) is 0 Å². The van der Waals surface area contributed by atoms with Crippen LogP contribution in [0.15, 0.2) is 40.0 Å². The molecule has 0 bridgehead atoms. The van der Waals surface area contributed by atoms with Gasteiger partial charge in [-0.15, -0.1) is 5.10 Å². The van der Waals surface area contributed by atoms with E-state index < -0.39 is 31.1 Å². The van der Waals surface area contributed by atoms with Crippen LogP contribution in [-0.2, 0) is 25.6 Å². The number of sulfonamides is 1. The largest absolute Gasteiger partial charge is 0.411 e. The average Bonchev–Trinajstić information content (AvgIpc) is 2.88. The fraction of sp³-hybridized carbons (Fsp3) is 0.333. The third kappa shape index (κ3) is 4.36. The van der Waals surface area contributed by atoms with E-state index in [1.54, 1.807) is 30.3 Å². The first-order valence-electron chi connectivity index (χ1n) is 6.25. The van der Waals surface area contributed by atoms with Crippen LogP contribution in [-0.4, -0.2) is 33.3 Å². The first kappa shape index (κ1) is 16.6. The van der Waals surface area contributed by atoms with Crippen LogP contribution >= 0.6 is 0 Å². The Kier molecular flexibility index (Phi) is 4.63. The van der Waals surface area contributed by atoms with E-state index in [0.29, 0.717) is 5.56 Å². The molecule has 0 fully saturated rings. The van der Waals surface area contributed by atoms with Gasteiger partial charge in [0.25, 0.3) is 0 Å². The fourth-order valence-electron chi connectivity index (χ4n) is 1.70. The van der Waals surface area contributed by atoms with Gasteiger partial charge in [0.05, 0.1) is 11.8 Å². The Labute approximate surface area is 128 Å². The number of sulfone groups is 1. The third-order valence-corrected chi connectivity index (χ3v) is 4.89. The van der Waals surface area contributed by atoms with Gasteiger partial charge in [0, 0.05) is 6.26 Å². The van der Waals surface area contributed by atoms with Crippen LogP contribution in [0.4, 0.5) is 0 Å². The van der Waals surface area contributed by atoms with E-state index in [-0.39, 0.29) is 11.6 Å². The number of nitrogens with one attached hydrogen (secondary N) is 1. The maximum absolute atomic E-state index is 12.1. The van der Waals surface area contributed by atoms with Crippen molar-refractivity contribution in [3.8, 4) is 0 Å². The molecule has 0 unspecified atom stereocenters. The zero-order valence-electron chi connectivity index (χ0n) is 11.9. The highest BCUT2D eigenvalue weighted by Gasteiger charge is 2.23. The zero-order chi connectivity index (χ0) is 16.4. The lowest BCUT2D eigenvalue weighted by atomic mass is 10.2. The number of aromatic nitrogens is 2. The minimum atomic E-state index is -3.64. The minimum Gasteiger partial charge on any atom is -0.411 e. The predicted molar refractivity (Wildman–Crippen MR) is 78.0 cm³/mol. The lowest BCUT2D eigenvalue weighted by Gasteiger charge is -2.10. The summed E-state index contributed by atoms with van der Waals surface area (Å²) in [4.78, 5) is 0. The van der Waals surface area contributed by atoms with Gasteiger partial charge in [-0.05, 0) is 12.5 Å². The van der Waals surface area contributed by atoms with Crippen LogP contribution in [0.2, 0.25) is 0 Å². The third-order valence-electron chi connectivity index (χ3n) is 2.67. The van der Waals surface area contributed by atoms with Crippen LogP contribution in [0.25, 0.3) is 0 Å². The predicted octanol–water partition coefficient (Wildman–Crippen LogP) is 0.654. The van der Waals surface area contributed by atoms with Gasteiger partial charge in [0.2, 0.25) is 25.8 Å². The molecule has 0 saturated carbocycles. The first-order chi connectivity index (χ1) is 10.2. The Morgan fingerprint density at radius 1 is 1.14 bits per heavy atom. The zero-order valence-corrected chi connectivity index (χ0v) is 13.6. The molecular weight excluding hydrogens is 330 g/mol. The van der Waals surface area contributed by atoms with Gasteiger partial charge in [-0.25, -0.2) is 21.6 Å². The number of benzene rings is 1. The first-order valence-corrected chi connectivity index (χ1v) is 9.79. The molecule has 0 aliphatic carbocycles. The highest BCUT2D eigenvalue weighted by atomic mass is 32.2. The Morgan fingerprint density at radius 2 is 1.77 bits per heavy atom. The number of hydrogen-bond acceptors (Lipinski definition) is 7. The molecule has 0 radical (unpaired) electrons. The highest BCUT2D eigenvalue weighted by Crippen LogP contribution is 2.16. The van der Waals surface area contributed by atoms with Crippen LogP contribution in [0.5, 0.6) is 0 Å². The van der Waals surface area contributed by atoms with E-state index >= 15 is 0 Å². The molecule has 1 aromatic carbocycles. The fourth-order valence-corrected chi connectivity index (χ4v) is 3.48. The molecule has 2 rings (SSSR count). The van der Waals surface area contributed by atoms with Crippen molar-refractivity contribution < 1.29 is 21.3 Å². The molecule has 22 heavy (non-hydrogen) atoms. The van der Waals surface area contributed by atoms with Crippen molar-refractivity contribution in [1.82, 2.24) is 14.9 Å². The number of rotatable bonds is 6. The van der Waals surface area contributed by atoms with Crippen molar-refractivity contribution in [2.24, 2.45) is 0 Å². The van der Waals surface area contributed by atoms with E-state index in [4.69, 9.17) is 4.42 Å². The summed E-state index contributed by atoms with van der Waals surface area (Å²) in [5.74, 6) is -0.317. The smallest absolute Gasteiger partial charge is 0.335 e. The Hall–Kier alpha value is -1.78. The molecule has 0 saturated heterocycles. The molecule has 8 nitrogen and oxygen atoms in total. The Bertz CT molecular complexity index is 844. The molecule has 1 aromatic heterocycles. The molecular formula is C12H15N3O5S2. The average molecular weight is 345 g/mol. The maximum Gasteiger partial charge on any atom is 0.335 e. The van der Waals surface area contributed by atoms with Crippen molar-refractivity contribution in [2.45, 2.75) is 23.9 Å². The van der Waals surface area contributed by atoms with Crippen LogP contribution in [0.1, 0.15) is 24.4 Å². The normalized spacial score (nSPS) is 13.9. The lowest BCUT2D eigenvalue weighted by molar-refractivity contribution is 0.373. The van der Waals surface area contributed by atoms with Crippen molar-refractivity contribution in [3.63, 3.8) is 0 Å². The van der Waals surface area contributed by atoms with E-state index in [2.05, 4.69) is 14.9 Å².